The molecular formula is C28H26FN5OS. The van der Waals surface area contributed by atoms with Gasteiger partial charge in [0.05, 0.1) is 5.57 Å². The van der Waals surface area contributed by atoms with Gasteiger partial charge in [0.2, 0.25) is 11.1 Å². The molecule has 0 radical (unpaired) electrons. The molecule has 3 aromatic carbocycles. The zero-order valence-electron chi connectivity index (χ0n) is 20.2. The minimum Gasteiger partial charge on any atom is -0.328 e. The van der Waals surface area contributed by atoms with Gasteiger partial charge in [0.1, 0.15) is 11.9 Å². The molecule has 0 aliphatic carbocycles. The summed E-state index contributed by atoms with van der Waals surface area (Å²) in [5.74, 6) is 0.675. The number of benzene rings is 3. The molecule has 36 heavy (non-hydrogen) atoms. The van der Waals surface area contributed by atoms with Crippen molar-refractivity contribution in [1.29, 1.82) is 0 Å². The Hall–Kier alpha value is -3.91. The summed E-state index contributed by atoms with van der Waals surface area (Å²) in [7, 11) is 0. The highest BCUT2D eigenvalue weighted by Crippen LogP contribution is 2.37. The minimum atomic E-state index is -0.564. The molecule has 182 valence electrons. The Balaban J connectivity index is 1.50. The molecule has 1 atom stereocenters. The molecule has 0 fully saturated rings. The van der Waals surface area contributed by atoms with Crippen LogP contribution in [0.2, 0.25) is 0 Å². The van der Waals surface area contributed by atoms with Gasteiger partial charge in [-0.05, 0) is 61.2 Å². The van der Waals surface area contributed by atoms with Gasteiger partial charge in [-0.2, -0.15) is 4.98 Å². The topological polar surface area (TPSA) is 71.8 Å². The lowest BCUT2D eigenvalue weighted by atomic mass is 9.95. The van der Waals surface area contributed by atoms with Crippen LogP contribution in [0.1, 0.15) is 35.2 Å². The van der Waals surface area contributed by atoms with Crippen LogP contribution in [-0.2, 0) is 10.5 Å². The monoisotopic (exact) mass is 499 g/mol. The van der Waals surface area contributed by atoms with Crippen molar-refractivity contribution in [1.82, 2.24) is 14.8 Å². The van der Waals surface area contributed by atoms with Crippen LogP contribution in [0.15, 0.2) is 89.2 Å². The van der Waals surface area contributed by atoms with Crippen molar-refractivity contribution in [2.75, 3.05) is 10.6 Å². The molecular weight excluding hydrogens is 473 g/mol. The van der Waals surface area contributed by atoms with Crippen molar-refractivity contribution in [2.45, 2.75) is 37.7 Å². The highest BCUT2D eigenvalue weighted by Gasteiger charge is 2.34. The summed E-state index contributed by atoms with van der Waals surface area (Å²) in [5.41, 5.74) is 5.93. The van der Waals surface area contributed by atoms with Gasteiger partial charge >= 0.3 is 0 Å². The first-order valence-corrected chi connectivity index (χ1v) is 12.6. The van der Waals surface area contributed by atoms with E-state index in [0.717, 1.165) is 28.1 Å². The number of nitrogens with zero attached hydrogens (tertiary/aromatic N) is 3. The zero-order valence-corrected chi connectivity index (χ0v) is 21.1. The molecule has 1 aliphatic rings. The average Bonchev–Trinajstić information content (AvgIpc) is 3.28. The maximum Gasteiger partial charge on any atom is 0.255 e. The van der Waals surface area contributed by atoms with E-state index < -0.39 is 6.04 Å². The molecule has 2 heterocycles. The third kappa shape index (κ3) is 4.77. The largest absolute Gasteiger partial charge is 0.328 e. The first kappa shape index (κ1) is 23.8. The van der Waals surface area contributed by atoms with Crippen LogP contribution >= 0.6 is 11.8 Å². The van der Waals surface area contributed by atoms with Crippen molar-refractivity contribution in [3.8, 4) is 0 Å². The van der Waals surface area contributed by atoms with Gasteiger partial charge in [0.25, 0.3) is 5.91 Å². The van der Waals surface area contributed by atoms with E-state index in [1.54, 1.807) is 16.8 Å². The number of hydrogen-bond acceptors (Lipinski definition) is 5. The van der Waals surface area contributed by atoms with Crippen LogP contribution in [-0.4, -0.2) is 20.7 Å². The summed E-state index contributed by atoms with van der Waals surface area (Å²) in [5, 5.41) is 11.7. The number of aromatic nitrogens is 3. The maximum absolute atomic E-state index is 13.8. The van der Waals surface area contributed by atoms with E-state index in [9.17, 15) is 9.18 Å². The van der Waals surface area contributed by atoms with Gasteiger partial charge in [-0.25, -0.2) is 9.07 Å². The Morgan fingerprint density at radius 3 is 2.53 bits per heavy atom. The summed E-state index contributed by atoms with van der Waals surface area (Å²) >= 11 is 1.52. The molecule has 1 aromatic heterocycles. The zero-order chi connectivity index (χ0) is 25.2. The summed E-state index contributed by atoms with van der Waals surface area (Å²) in [4.78, 5) is 18.3. The lowest BCUT2D eigenvalue weighted by Crippen LogP contribution is -2.31. The molecule has 8 heteroatoms. The number of nitrogens with one attached hydrogen (secondary N) is 2. The Labute approximate surface area is 213 Å². The third-order valence-corrected chi connectivity index (χ3v) is 7.24. The first-order chi connectivity index (χ1) is 17.4. The van der Waals surface area contributed by atoms with Gasteiger partial charge in [-0.15, -0.1) is 5.10 Å². The fourth-order valence-electron chi connectivity index (χ4n) is 4.24. The molecule has 4 aromatic rings. The average molecular weight is 500 g/mol. The van der Waals surface area contributed by atoms with E-state index in [4.69, 9.17) is 5.10 Å². The summed E-state index contributed by atoms with van der Waals surface area (Å²) in [6.07, 6.45) is 0. The number of aryl methyl sites for hydroxylation is 1. The van der Waals surface area contributed by atoms with Crippen LogP contribution in [0.25, 0.3) is 0 Å². The van der Waals surface area contributed by atoms with Crippen molar-refractivity contribution < 1.29 is 9.18 Å². The molecule has 0 bridgehead atoms. The van der Waals surface area contributed by atoms with Crippen molar-refractivity contribution in [3.05, 3.63) is 112 Å². The predicted octanol–water partition coefficient (Wildman–Crippen LogP) is 6.25. The van der Waals surface area contributed by atoms with Gasteiger partial charge < -0.3 is 10.6 Å². The highest BCUT2D eigenvalue weighted by molar-refractivity contribution is 7.98. The lowest BCUT2D eigenvalue weighted by Gasteiger charge is -2.29. The molecule has 1 aliphatic heterocycles. The number of carbonyl (C=O) groups excluding carboxylic acids is 1. The molecule has 0 spiro atoms. The lowest BCUT2D eigenvalue weighted by molar-refractivity contribution is -0.113. The second-order valence-electron chi connectivity index (χ2n) is 8.76. The standard InChI is InChI=1S/C28H26FN5OS/c1-17-8-7-11-23(18(17)2)31-26(35)24-19(3)30-27-32-28(36-16-20-9-5-4-6-10-20)33-34(27)25(24)21-12-14-22(29)15-13-21/h4-15,25H,16H2,1-3H3,(H,31,35)(H,30,32,33). The molecule has 2 N–H and O–H groups in total. The van der Waals surface area contributed by atoms with E-state index >= 15 is 0 Å². The Morgan fingerprint density at radius 1 is 1.03 bits per heavy atom. The number of hydrogen-bond donors (Lipinski definition) is 2. The number of halogens is 1. The van der Waals surface area contributed by atoms with Gasteiger partial charge in [-0.1, -0.05) is 66.4 Å². The predicted molar refractivity (Wildman–Crippen MR) is 141 cm³/mol. The number of amides is 1. The number of thioether (sulfide) groups is 1. The van der Waals surface area contributed by atoms with Crippen LogP contribution in [0.3, 0.4) is 0 Å². The third-order valence-electron chi connectivity index (χ3n) is 6.33. The molecule has 1 amide bonds. The molecule has 1 unspecified atom stereocenters. The van der Waals surface area contributed by atoms with Gasteiger partial charge in [0, 0.05) is 17.1 Å². The Morgan fingerprint density at radius 2 is 1.78 bits per heavy atom. The van der Waals surface area contributed by atoms with Crippen molar-refractivity contribution >= 4 is 29.3 Å². The van der Waals surface area contributed by atoms with E-state index in [-0.39, 0.29) is 11.7 Å². The van der Waals surface area contributed by atoms with E-state index in [0.29, 0.717) is 22.4 Å². The molecule has 6 nitrogen and oxygen atoms in total. The first-order valence-electron chi connectivity index (χ1n) is 11.6. The van der Waals surface area contributed by atoms with Crippen LogP contribution in [0, 0.1) is 19.7 Å². The quantitative estimate of drug-likeness (QED) is 0.307. The highest BCUT2D eigenvalue weighted by atomic mass is 32.2. The SMILES string of the molecule is CC1=C(C(=O)Nc2cccc(C)c2C)C(c2ccc(F)cc2)n2nc(SCc3ccccc3)nc2N1. The van der Waals surface area contributed by atoms with Crippen molar-refractivity contribution in [3.63, 3.8) is 0 Å². The van der Waals surface area contributed by atoms with Gasteiger partial charge in [0.15, 0.2) is 0 Å². The van der Waals surface area contributed by atoms with E-state index in [1.165, 1.54) is 29.5 Å². The number of anilines is 2. The summed E-state index contributed by atoms with van der Waals surface area (Å²) < 4.78 is 15.5. The smallest absolute Gasteiger partial charge is 0.255 e. The molecule has 0 saturated carbocycles. The number of fused-ring (bicyclic) bond motifs is 1. The maximum atomic E-state index is 13.8. The van der Waals surface area contributed by atoms with Crippen molar-refractivity contribution in [2.24, 2.45) is 0 Å². The Kier molecular flexibility index (Phi) is 6.61. The van der Waals surface area contributed by atoms with E-state index in [1.807, 2.05) is 57.2 Å². The minimum absolute atomic E-state index is 0.248. The number of carbonyl (C=O) groups is 1. The number of allylic oxidation sites excluding steroid dienone is 1. The normalized spacial score (nSPS) is 14.8. The van der Waals surface area contributed by atoms with E-state index in [2.05, 4.69) is 27.8 Å². The fourth-order valence-corrected chi connectivity index (χ4v) is 5.02. The second-order valence-corrected chi connectivity index (χ2v) is 9.70. The Bertz CT molecular complexity index is 1450. The van der Waals surface area contributed by atoms with Crippen LogP contribution in [0.5, 0.6) is 0 Å². The molecule has 5 rings (SSSR count). The second kappa shape index (κ2) is 9.99. The summed E-state index contributed by atoms with van der Waals surface area (Å²) in [6.45, 7) is 5.84. The molecule has 0 saturated heterocycles. The van der Waals surface area contributed by atoms with Crippen LogP contribution in [0.4, 0.5) is 16.0 Å². The fraction of sp³-hybridized carbons (Fsp3) is 0.179. The number of rotatable bonds is 6. The van der Waals surface area contributed by atoms with Gasteiger partial charge in [-0.3, -0.25) is 4.79 Å². The summed E-state index contributed by atoms with van der Waals surface area (Å²) in [6, 6.07) is 21.5. The van der Waals surface area contributed by atoms with Crippen LogP contribution < -0.4 is 10.6 Å².